The Morgan fingerprint density at radius 1 is 1.40 bits per heavy atom. The van der Waals surface area contributed by atoms with Crippen molar-refractivity contribution in [2.24, 2.45) is 0 Å². The minimum absolute atomic E-state index is 0.0604. The molecule has 1 amide bonds. The lowest BCUT2D eigenvalue weighted by atomic mass is 10.1. The third-order valence-corrected chi connectivity index (χ3v) is 3.36. The molecule has 0 saturated carbocycles. The van der Waals surface area contributed by atoms with Gasteiger partial charge in [0.05, 0.1) is 6.10 Å². The molecule has 0 radical (unpaired) electrons. The van der Waals surface area contributed by atoms with Gasteiger partial charge >= 0.3 is 0 Å². The number of carbonyl (C=O) groups excluding carboxylic acids is 1. The number of hydrogen-bond donors (Lipinski definition) is 1. The van der Waals surface area contributed by atoms with Crippen LogP contribution in [0.2, 0.25) is 0 Å². The van der Waals surface area contributed by atoms with Gasteiger partial charge in [-0.25, -0.2) is 0 Å². The van der Waals surface area contributed by atoms with Crippen LogP contribution in [0.15, 0.2) is 28.8 Å². The molecule has 6 heteroatoms. The van der Waals surface area contributed by atoms with Crippen LogP contribution in [-0.4, -0.2) is 45.2 Å². The highest BCUT2D eigenvalue weighted by Crippen LogP contribution is 2.19. The molecule has 1 aliphatic heterocycles. The SMILES string of the molecule is Cc1noc(-c2ccc(C(=O)N3CC[C@@H](O)C3)cc2)n1. The number of carbonyl (C=O) groups is 1. The number of rotatable bonds is 2. The van der Waals surface area contributed by atoms with Crippen LogP contribution in [0.1, 0.15) is 22.6 Å². The maximum absolute atomic E-state index is 12.2. The monoisotopic (exact) mass is 273 g/mol. The minimum Gasteiger partial charge on any atom is -0.391 e. The number of aromatic nitrogens is 2. The van der Waals surface area contributed by atoms with Crippen LogP contribution < -0.4 is 0 Å². The standard InChI is InChI=1S/C14H15N3O3/c1-9-15-13(20-16-9)10-2-4-11(5-3-10)14(19)17-7-6-12(18)8-17/h2-5,12,18H,6-8H2,1H3/t12-/m1/s1. The molecule has 0 aliphatic carbocycles. The van der Waals surface area contributed by atoms with Gasteiger partial charge in [-0.2, -0.15) is 4.98 Å². The van der Waals surface area contributed by atoms with Crippen molar-refractivity contribution in [3.8, 4) is 11.5 Å². The Bertz CT molecular complexity index is 621. The lowest BCUT2D eigenvalue weighted by Crippen LogP contribution is -2.29. The fourth-order valence-corrected chi connectivity index (χ4v) is 2.28. The summed E-state index contributed by atoms with van der Waals surface area (Å²) in [6.45, 7) is 2.76. The fraction of sp³-hybridized carbons (Fsp3) is 0.357. The van der Waals surface area contributed by atoms with Gasteiger partial charge in [-0.3, -0.25) is 4.79 Å². The van der Waals surface area contributed by atoms with Crippen molar-refractivity contribution in [1.29, 1.82) is 0 Å². The van der Waals surface area contributed by atoms with Crippen molar-refractivity contribution in [1.82, 2.24) is 15.0 Å². The van der Waals surface area contributed by atoms with Crippen LogP contribution in [0.4, 0.5) is 0 Å². The number of amides is 1. The molecule has 6 nitrogen and oxygen atoms in total. The highest BCUT2D eigenvalue weighted by Gasteiger charge is 2.25. The van der Waals surface area contributed by atoms with E-state index in [1.807, 2.05) is 0 Å². The van der Waals surface area contributed by atoms with E-state index in [1.165, 1.54) is 0 Å². The van der Waals surface area contributed by atoms with Crippen molar-refractivity contribution >= 4 is 5.91 Å². The summed E-state index contributed by atoms with van der Waals surface area (Å²) in [5.41, 5.74) is 1.38. The van der Waals surface area contributed by atoms with E-state index in [1.54, 1.807) is 36.1 Å². The molecule has 1 N–H and O–H groups in total. The maximum atomic E-state index is 12.2. The molecule has 104 valence electrons. The van der Waals surface area contributed by atoms with E-state index < -0.39 is 6.10 Å². The first kappa shape index (κ1) is 12.8. The molecule has 1 aromatic carbocycles. The van der Waals surface area contributed by atoms with E-state index in [4.69, 9.17) is 4.52 Å². The van der Waals surface area contributed by atoms with Crippen LogP contribution >= 0.6 is 0 Å². The fourth-order valence-electron chi connectivity index (χ4n) is 2.28. The van der Waals surface area contributed by atoms with Crippen LogP contribution in [-0.2, 0) is 0 Å². The molecule has 1 fully saturated rings. The van der Waals surface area contributed by atoms with Crippen molar-refractivity contribution in [2.45, 2.75) is 19.4 Å². The third-order valence-electron chi connectivity index (χ3n) is 3.36. The molecule has 3 rings (SSSR count). The minimum atomic E-state index is -0.403. The average molecular weight is 273 g/mol. The van der Waals surface area contributed by atoms with Gasteiger partial charge in [0.15, 0.2) is 5.82 Å². The summed E-state index contributed by atoms with van der Waals surface area (Å²) in [6, 6.07) is 7.04. The van der Waals surface area contributed by atoms with E-state index >= 15 is 0 Å². The Hall–Kier alpha value is -2.21. The van der Waals surface area contributed by atoms with Crippen LogP contribution in [0.3, 0.4) is 0 Å². The Kier molecular flexibility index (Phi) is 3.23. The van der Waals surface area contributed by atoms with E-state index in [0.29, 0.717) is 36.8 Å². The zero-order valence-electron chi connectivity index (χ0n) is 11.1. The zero-order chi connectivity index (χ0) is 14.1. The van der Waals surface area contributed by atoms with E-state index in [2.05, 4.69) is 10.1 Å². The summed E-state index contributed by atoms with van der Waals surface area (Å²) in [4.78, 5) is 18.0. The number of aliphatic hydroxyl groups is 1. The zero-order valence-corrected chi connectivity index (χ0v) is 11.1. The van der Waals surface area contributed by atoms with Gasteiger partial charge in [-0.15, -0.1) is 0 Å². The second kappa shape index (κ2) is 5.05. The lowest BCUT2D eigenvalue weighted by molar-refractivity contribution is 0.0765. The second-order valence-corrected chi connectivity index (χ2v) is 4.92. The number of likely N-dealkylation sites (tertiary alicyclic amines) is 1. The highest BCUT2D eigenvalue weighted by atomic mass is 16.5. The summed E-state index contributed by atoms with van der Waals surface area (Å²) < 4.78 is 5.08. The molecule has 1 atom stereocenters. The molecule has 0 unspecified atom stereocenters. The summed E-state index contributed by atoms with van der Waals surface area (Å²) in [5.74, 6) is 0.958. The van der Waals surface area contributed by atoms with Crippen molar-refractivity contribution in [3.05, 3.63) is 35.7 Å². The molecular formula is C14H15N3O3. The summed E-state index contributed by atoms with van der Waals surface area (Å²) in [5, 5.41) is 13.2. The van der Waals surface area contributed by atoms with E-state index in [0.717, 1.165) is 5.56 Å². The Morgan fingerprint density at radius 2 is 2.15 bits per heavy atom. The van der Waals surface area contributed by atoms with Gasteiger partial charge in [0.25, 0.3) is 11.8 Å². The van der Waals surface area contributed by atoms with Crippen molar-refractivity contribution < 1.29 is 14.4 Å². The van der Waals surface area contributed by atoms with Gasteiger partial charge in [0.1, 0.15) is 0 Å². The maximum Gasteiger partial charge on any atom is 0.257 e. The largest absolute Gasteiger partial charge is 0.391 e. The predicted octanol–water partition coefficient (Wildman–Crippen LogP) is 1.25. The predicted molar refractivity (Wildman–Crippen MR) is 71.0 cm³/mol. The van der Waals surface area contributed by atoms with Gasteiger partial charge in [-0.1, -0.05) is 5.16 Å². The molecule has 20 heavy (non-hydrogen) atoms. The number of aliphatic hydroxyl groups excluding tert-OH is 1. The molecule has 1 aromatic heterocycles. The summed E-state index contributed by atoms with van der Waals surface area (Å²) >= 11 is 0. The summed E-state index contributed by atoms with van der Waals surface area (Å²) in [7, 11) is 0. The Labute approximate surface area is 116 Å². The molecule has 0 bridgehead atoms. The smallest absolute Gasteiger partial charge is 0.257 e. The first-order valence-corrected chi connectivity index (χ1v) is 6.51. The number of benzene rings is 1. The first-order valence-electron chi connectivity index (χ1n) is 6.51. The van der Waals surface area contributed by atoms with Crippen molar-refractivity contribution in [3.63, 3.8) is 0 Å². The second-order valence-electron chi connectivity index (χ2n) is 4.92. The van der Waals surface area contributed by atoms with Crippen LogP contribution in [0, 0.1) is 6.92 Å². The summed E-state index contributed by atoms with van der Waals surface area (Å²) in [6.07, 6.45) is 0.241. The Balaban J connectivity index is 1.77. The average Bonchev–Trinajstić information content (AvgIpc) is 3.07. The van der Waals surface area contributed by atoms with Gasteiger partial charge in [-0.05, 0) is 37.6 Å². The number of hydrogen-bond acceptors (Lipinski definition) is 5. The lowest BCUT2D eigenvalue weighted by Gasteiger charge is -2.15. The molecule has 2 aromatic rings. The molecular weight excluding hydrogens is 258 g/mol. The molecule has 2 heterocycles. The van der Waals surface area contributed by atoms with Gasteiger partial charge in [0, 0.05) is 24.2 Å². The molecule has 1 aliphatic rings. The number of β-amino-alcohol motifs (C(OH)–C–C–N with tert-alkyl or cyclic N) is 1. The Morgan fingerprint density at radius 3 is 2.70 bits per heavy atom. The topological polar surface area (TPSA) is 79.5 Å². The van der Waals surface area contributed by atoms with Crippen LogP contribution in [0.25, 0.3) is 11.5 Å². The van der Waals surface area contributed by atoms with E-state index in [-0.39, 0.29) is 5.91 Å². The first-order chi connectivity index (χ1) is 9.63. The number of nitrogens with zero attached hydrogens (tertiary/aromatic N) is 3. The quantitative estimate of drug-likeness (QED) is 0.890. The normalized spacial score (nSPS) is 18.5. The third kappa shape index (κ3) is 2.42. The van der Waals surface area contributed by atoms with E-state index in [9.17, 15) is 9.90 Å². The molecule has 1 saturated heterocycles. The van der Waals surface area contributed by atoms with Crippen molar-refractivity contribution in [2.75, 3.05) is 13.1 Å². The molecule has 0 spiro atoms. The van der Waals surface area contributed by atoms with Crippen LogP contribution in [0.5, 0.6) is 0 Å². The van der Waals surface area contributed by atoms with Gasteiger partial charge < -0.3 is 14.5 Å². The highest BCUT2D eigenvalue weighted by molar-refractivity contribution is 5.94. The number of aryl methyl sites for hydroxylation is 1. The van der Waals surface area contributed by atoms with Gasteiger partial charge in [0.2, 0.25) is 0 Å².